The summed E-state index contributed by atoms with van der Waals surface area (Å²) in [7, 11) is 1.70. The van der Waals surface area contributed by atoms with Gasteiger partial charge in [-0.25, -0.2) is 0 Å². The molecule has 86 valence electrons. The van der Waals surface area contributed by atoms with Gasteiger partial charge in [0.2, 0.25) is 0 Å². The smallest absolute Gasteiger partial charge is 0.0616 e. The maximum absolute atomic E-state index is 8.88. The van der Waals surface area contributed by atoms with Crippen molar-refractivity contribution in [3.8, 4) is 0 Å². The Balaban J connectivity index is 3.83. The molecule has 0 amide bonds. The Morgan fingerprint density at radius 3 is 2.36 bits per heavy atom. The number of rotatable bonds is 9. The summed E-state index contributed by atoms with van der Waals surface area (Å²) in [5.74, 6) is 0. The number of hydrogen-bond donors (Lipinski definition) is 2. The highest BCUT2D eigenvalue weighted by Crippen LogP contribution is 2.04. The van der Waals surface area contributed by atoms with Crippen molar-refractivity contribution >= 4 is 0 Å². The van der Waals surface area contributed by atoms with Crippen LogP contribution in [0, 0.1) is 0 Å². The Bertz CT molecular complexity index is 114. The normalized spacial score (nSPS) is 15.4. The first-order chi connectivity index (χ1) is 6.78. The number of hydrogen-bond acceptors (Lipinski definition) is 3. The Morgan fingerprint density at radius 2 is 1.93 bits per heavy atom. The third kappa shape index (κ3) is 6.35. The predicted octanol–water partition coefficient (Wildman–Crippen LogP) is 1.55. The summed E-state index contributed by atoms with van der Waals surface area (Å²) in [5.41, 5.74) is 0. The molecule has 0 spiro atoms. The van der Waals surface area contributed by atoms with Crippen molar-refractivity contribution in [1.82, 2.24) is 5.32 Å². The molecule has 14 heavy (non-hydrogen) atoms. The first-order valence-corrected chi connectivity index (χ1v) is 5.64. The fourth-order valence-corrected chi connectivity index (χ4v) is 1.66. The van der Waals surface area contributed by atoms with Gasteiger partial charge in [0.05, 0.1) is 6.61 Å². The summed E-state index contributed by atoms with van der Waals surface area (Å²) in [5, 5.41) is 12.4. The number of methoxy groups -OCH3 is 1. The first-order valence-electron chi connectivity index (χ1n) is 5.64. The Kier molecular flexibility index (Phi) is 9.35. The third-order valence-corrected chi connectivity index (χ3v) is 2.45. The maximum Gasteiger partial charge on any atom is 0.0616 e. The van der Waals surface area contributed by atoms with Gasteiger partial charge in [-0.1, -0.05) is 20.3 Å². The van der Waals surface area contributed by atoms with E-state index in [1.54, 1.807) is 7.11 Å². The monoisotopic (exact) mass is 203 g/mol. The van der Waals surface area contributed by atoms with Crippen LogP contribution in [0.25, 0.3) is 0 Å². The van der Waals surface area contributed by atoms with Crippen LogP contribution < -0.4 is 5.32 Å². The predicted molar refractivity (Wildman–Crippen MR) is 59.5 cm³/mol. The Hall–Kier alpha value is -0.120. The van der Waals surface area contributed by atoms with E-state index < -0.39 is 0 Å². The minimum Gasteiger partial charge on any atom is -0.396 e. The molecule has 3 nitrogen and oxygen atoms in total. The van der Waals surface area contributed by atoms with E-state index in [1.165, 1.54) is 12.8 Å². The van der Waals surface area contributed by atoms with Gasteiger partial charge < -0.3 is 15.2 Å². The molecule has 0 aromatic rings. The van der Waals surface area contributed by atoms with Crippen molar-refractivity contribution in [2.24, 2.45) is 0 Å². The van der Waals surface area contributed by atoms with Crippen LogP contribution in [0.3, 0.4) is 0 Å². The summed E-state index contributed by atoms with van der Waals surface area (Å²) in [4.78, 5) is 0. The molecule has 0 saturated heterocycles. The lowest BCUT2D eigenvalue weighted by Crippen LogP contribution is -2.41. The molecule has 0 aromatic heterocycles. The molecule has 0 heterocycles. The lowest BCUT2D eigenvalue weighted by Gasteiger charge is -2.23. The van der Waals surface area contributed by atoms with Crippen LogP contribution >= 0.6 is 0 Å². The molecule has 0 aliphatic rings. The largest absolute Gasteiger partial charge is 0.396 e. The SMILES string of the molecule is CCCC(CC)NC(CCO)COC. The van der Waals surface area contributed by atoms with Crippen molar-refractivity contribution in [3.05, 3.63) is 0 Å². The summed E-state index contributed by atoms with van der Waals surface area (Å²) in [6.07, 6.45) is 4.31. The Morgan fingerprint density at radius 1 is 1.21 bits per heavy atom. The lowest BCUT2D eigenvalue weighted by molar-refractivity contribution is 0.141. The standard InChI is InChI=1S/C11H25NO2/c1-4-6-10(5-2)12-11(7-8-13)9-14-3/h10-13H,4-9H2,1-3H3. The molecular weight excluding hydrogens is 178 g/mol. The third-order valence-electron chi connectivity index (χ3n) is 2.45. The van der Waals surface area contributed by atoms with Gasteiger partial charge in [0.15, 0.2) is 0 Å². The molecule has 0 rings (SSSR count). The molecule has 0 fully saturated rings. The van der Waals surface area contributed by atoms with E-state index in [2.05, 4.69) is 19.2 Å². The zero-order valence-electron chi connectivity index (χ0n) is 9.75. The van der Waals surface area contributed by atoms with Gasteiger partial charge in [-0.2, -0.15) is 0 Å². The molecule has 0 aromatic carbocycles. The fraction of sp³-hybridized carbons (Fsp3) is 1.00. The van der Waals surface area contributed by atoms with Gasteiger partial charge in [0.1, 0.15) is 0 Å². The van der Waals surface area contributed by atoms with E-state index in [1.807, 2.05) is 0 Å². The van der Waals surface area contributed by atoms with Crippen LogP contribution in [0.5, 0.6) is 0 Å². The van der Waals surface area contributed by atoms with Crippen LogP contribution in [0.2, 0.25) is 0 Å². The molecule has 2 atom stereocenters. The quantitative estimate of drug-likeness (QED) is 0.597. The average Bonchev–Trinajstić information content (AvgIpc) is 2.18. The molecule has 0 radical (unpaired) electrons. The van der Waals surface area contributed by atoms with Crippen LogP contribution in [0.1, 0.15) is 39.5 Å². The van der Waals surface area contributed by atoms with Crippen LogP contribution in [0.4, 0.5) is 0 Å². The molecule has 2 N–H and O–H groups in total. The minimum atomic E-state index is 0.226. The molecule has 3 heteroatoms. The van der Waals surface area contributed by atoms with Crippen LogP contribution in [-0.2, 0) is 4.74 Å². The van der Waals surface area contributed by atoms with Crippen molar-refractivity contribution in [2.45, 2.75) is 51.6 Å². The van der Waals surface area contributed by atoms with E-state index in [9.17, 15) is 0 Å². The van der Waals surface area contributed by atoms with E-state index in [0.717, 1.165) is 12.8 Å². The number of aliphatic hydroxyl groups is 1. The van der Waals surface area contributed by atoms with Crippen LogP contribution in [0.15, 0.2) is 0 Å². The van der Waals surface area contributed by atoms with Crippen LogP contribution in [-0.4, -0.2) is 37.5 Å². The van der Waals surface area contributed by atoms with Gasteiger partial charge >= 0.3 is 0 Å². The molecule has 0 aliphatic carbocycles. The van der Waals surface area contributed by atoms with Gasteiger partial charge in [-0.3, -0.25) is 0 Å². The molecular formula is C11H25NO2. The Labute approximate surface area is 87.8 Å². The number of nitrogens with one attached hydrogen (secondary N) is 1. The van der Waals surface area contributed by atoms with E-state index in [-0.39, 0.29) is 6.61 Å². The summed E-state index contributed by atoms with van der Waals surface area (Å²) in [6.45, 7) is 5.29. The van der Waals surface area contributed by atoms with Crippen molar-refractivity contribution < 1.29 is 9.84 Å². The molecule has 0 bridgehead atoms. The number of aliphatic hydroxyl groups excluding tert-OH is 1. The van der Waals surface area contributed by atoms with Crippen molar-refractivity contribution in [3.63, 3.8) is 0 Å². The van der Waals surface area contributed by atoms with Crippen molar-refractivity contribution in [2.75, 3.05) is 20.3 Å². The van der Waals surface area contributed by atoms with Gasteiger partial charge in [0, 0.05) is 25.8 Å². The lowest BCUT2D eigenvalue weighted by atomic mass is 10.1. The second-order valence-electron chi connectivity index (χ2n) is 3.73. The molecule has 2 unspecified atom stereocenters. The van der Waals surface area contributed by atoms with Gasteiger partial charge in [-0.15, -0.1) is 0 Å². The summed E-state index contributed by atoms with van der Waals surface area (Å²) >= 11 is 0. The van der Waals surface area contributed by atoms with E-state index in [0.29, 0.717) is 18.7 Å². The highest BCUT2D eigenvalue weighted by atomic mass is 16.5. The summed E-state index contributed by atoms with van der Waals surface area (Å²) in [6, 6.07) is 0.855. The molecule has 0 saturated carbocycles. The topological polar surface area (TPSA) is 41.5 Å². The molecule has 0 aliphatic heterocycles. The second kappa shape index (κ2) is 9.44. The zero-order chi connectivity index (χ0) is 10.8. The first kappa shape index (κ1) is 13.9. The minimum absolute atomic E-state index is 0.226. The van der Waals surface area contributed by atoms with E-state index >= 15 is 0 Å². The fourth-order valence-electron chi connectivity index (χ4n) is 1.66. The zero-order valence-corrected chi connectivity index (χ0v) is 9.75. The second-order valence-corrected chi connectivity index (χ2v) is 3.73. The maximum atomic E-state index is 8.88. The van der Waals surface area contributed by atoms with Gasteiger partial charge in [0.25, 0.3) is 0 Å². The van der Waals surface area contributed by atoms with Gasteiger partial charge in [-0.05, 0) is 19.3 Å². The summed E-state index contributed by atoms with van der Waals surface area (Å²) < 4.78 is 5.11. The number of ether oxygens (including phenoxy) is 1. The highest BCUT2D eigenvalue weighted by molar-refractivity contribution is 4.72. The van der Waals surface area contributed by atoms with Crippen molar-refractivity contribution in [1.29, 1.82) is 0 Å². The van der Waals surface area contributed by atoms with E-state index in [4.69, 9.17) is 9.84 Å². The highest BCUT2D eigenvalue weighted by Gasteiger charge is 2.12. The average molecular weight is 203 g/mol.